The van der Waals surface area contributed by atoms with Crippen LogP contribution in [0.25, 0.3) is 0 Å². The molecule has 2 aliphatic rings. The molecule has 82 valence electrons. The van der Waals surface area contributed by atoms with Crippen molar-refractivity contribution < 1.29 is 0 Å². The molecule has 0 bridgehead atoms. The first kappa shape index (κ1) is 10.4. The highest BCUT2D eigenvalue weighted by Crippen LogP contribution is 2.40. The number of fused-ring (bicyclic) bond motifs is 1. The van der Waals surface area contributed by atoms with Crippen molar-refractivity contribution in [3.05, 3.63) is 0 Å². The lowest BCUT2D eigenvalue weighted by atomic mass is 9.69. The van der Waals surface area contributed by atoms with Gasteiger partial charge in [-0.05, 0) is 63.6 Å². The van der Waals surface area contributed by atoms with Crippen molar-refractivity contribution in [2.75, 3.05) is 20.1 Å². The predicted octanol–water partition coefficient (Wildman–Crippen LogP) is 1.70. The van der Waals surface area contributed by atoms with E-state index < -0.39 is 0 Å². The highest BCUT2D eigenvalue weighted by molar-refractivity contribution is 4.92. The molecular weight excluding hydrogens is 172 g/mol. The standard InChI is InChI=1S/C12H24N2/c1-9-3-4-12-11(7-9)10(8-13)5-6-14(12)2/h9-12H,3-8,13H2,1-2H3. The molecule has 1 aliphatic carbocycles. The molecule has 2 nitrogen and oxygen atoms in total. The van der Waals surface area contributed by atoms with Gasteiger partial charge in [0.05, 0.1) is 0 Å². The number of piperidine rings is 1. The molecule has 0 aromatic carbocycles. The Labute approximate surface area is 87.8 Å². The third kappa shape index (κ3) is 1.82. The summed E-state index contributed by atoms with van der Waals surface area (Å²) in [6.45, 7) is 4.57. The van der Waals surface area contributed by atoms with Gasteiger partial charge < -0.3 is 10.6 Å². The van der Waals surface area contributed by atoms with Crippen LogP contribution < -0.4 is 5.73 Å². The van der Waals surface area contributed by atoms with E-state index in [0.29, 0.717) is 0 Å². The Balaban J connectivity index is 2.07. The predicted molar refractivity (Wildman–Crippen MR) is 60.1 cm³/mol. The lowest BCUT2D eigenvalue weighted by Gasteiger charge is -2.48. The van der Waals surface area contributed by atoms with Crippen LogP contribution in [-0.4, -0.2) is 31.1 Å². The van der Waals surface area contributed by atoms with Crippen molar-refractivity contribution in [1.82, 2.24) is 4.90 Å². The van der Waals surface area contributed by atoms with Crippen LogP contribution in [-0.2, 0) is 0 Å². The zero-order valence-electron chi connectivity index (χ0n) is 9.58. The summed E-state index contributed by atoms with van der Waals surface area (Å²) in [4.78, 5) is 2.57. The quantitative estimate of drug-likeness (QED) is 0.691. The van der Waals surface area contributed by atoms with Gasteiger partial charge in [0.1, 0.15) is 0 Å². The Morgan fingerprint density at radius 2 is 2.07 bits per heavy atom. The van der Waals surface area contributed by atoms with Crippen LogP contribution in [0, 0.1) is 17.8 Å². The van der Waals surface area contributed by atoms with Crippen LogP contribution in [0.3, 0.4) is 0 Å². The van der Waals surface area contributed by atoms with Crippen LogP contribution in [0.2, 0.25) is 0 Å². The number of nitrogens with zero attached hydrogens (tertiary/aromatic N) is 1. The molecular formula is C12H24N2. The van der Waals surface area contributed by atoms with Gasteiger partial charge in [0.15, 0.2) is 0 Å². The van der Waals surface area contributed by atoms with E-state index >= 15 is 0 Å². The summed E-state index contributed by atoms with van der Waals surface area (Å²) >= 11 is 0. The first-order chi connectivity index (χ1) is 6.72. The Morgan fingerprint density at radius 1 is 1.29 bits per heavy atom. The van der Waals surface area contributed by atoms with Gasteiger partial charge in [-0.1, -0.05) is 6.92 Å². The highest BCUT2D eigenvalue weighted by Gasteiger charge is 2.38. The molecule has 0 amide bonds. The Bertz CT molecular complexity index is 193. The van der Waals surface area contributed by atoms with Crippen molar-refractivity contribution in [3.8, 4) is 0 Å². The van der Waals surface area contributed by atoms with E-state index in [1.807, 2.05) is 0 Å². The van der Waals surface area contributed by atoms with Gasteiger partial charge in [-0.15, -0.1) is 0 Å². The molecule has 0 aromatic heterocycles. The summed E-state index contributed by atoms with van der Waals surface area (Å²) < 4.78 is 0. The second-order valence-electron chi connectivity index (χ2n) is 5.41. The molecule has 1 heterocycles. The second kappa shape index (κ2) is 4.19. The van der Waals surface area contributed by atoms with Crippen LogP contribution in [0.1, 0.15) is 32.6 Å². The number of likely N-dealkylation sites (tertiary alicyclic amines) is 1. The molecule has 1 saturated heterocycles. The minimum atomic E-state index is 0.805. The lowest BCUT2D eigenvalue weighted by Crippen LogP contribution is -2.51. The van der Waals surface area contributed by atoms with E-state index in [0.717, 1.165) is 30.3 Å². The third-order valence-corrected chi connectivity index (χ3v) is 4.45. The fraction of sp³-hybridized carbons (Fsp3) is 1.00. The maximum Gasteiger partial charge on any atom is 0.0124 e. The molecule has 0 spiro atoms. The molecule has 4 atom stereocenters. The number of rotatable bonds is 1. The van der Waals surface area contributed by atoms with Crippen molar-refractivity contribution in [2.24, 2.45) is 23.5 Å². The van der Waals surface area contributed by atoms with Crippen molar-refractivity contribution in [3.63, 3.8) is 0 Å². The summed E-state index contributed by atoms with van der Waals surface area (Å²) in [5.74, 6) is 2.62. The van der Waals surface area contributed by atoms with Crippen LogP contribution >= 0.6 is 0 Å². The zero-order chi connectivity index (χ0) is 10.1. The number of hydrogen-bond acceptors (Lipinski definition) is 2. The SMILES string of the molecule is CC1CCC2C(C1)C(CN)CCN2C. The first-order valence-electron chi connectivity index (χ1n) is 6.12. The lowest BCUT2D eigenvalue weighted by molar-refractivity contribution is 0.0249. The molecule has 2 rings (SSSR count). The first-order valence-corrected chi connectivity index (χ1v) is 6.12. The van der Waals surface area contributed by atoms with Gasteiger partial charge in [0.2, 0.25) is 0 Å². The van der Waals surface area contributed by atoms with E-state index in [4.69, 9.17) is 5.73 Å². The van der Waals surface area contributed by atoms with Gasteiger partial charge in [0, 0.05) is 6.04 Å². The Kier molecular flexibility index (Phi) is 3.13. The third-order valence-electron chi connectivity index (χ3n) is 4.45. The van der Waals surface area contributed by atoms with E-state index in [1.165, 1.54) is 32.2 Å². The molecule has 1 saturated carbocycles. The maximum absolute atomic E-state index is 5.88. The van der Waals surface area contributed by atoms with E-state index in [-0.39, 0.29) is 0 Å². The smallest absolute Gasteiger partial charge is 0.0124 e. The topological polar surface area (TPSA) is 29.3 Å². The maximum atomic E-state index is 5.88. The number of nitrogens with two attached hydrogens (primary N) is 1. The van der Waals surface area contributed by atoms with Crippen molar-refractivity contribution >= 4 is 0 Å². The van der Waals surface area contributed by atoms with Crippen molar-refractivity contribution in [2.45, 2.75) is 38.6 Å². The highest BCUT2D eigenvalue weighted by atomic mass is 15.1. The van der Waals surface area contributed by atoms with Crippen LogP contribution in [0.4, 0.5) is 0 Å². The summed E-state index contributed by atoms with van der Waals surface area (Å²) in [5.41, 5.74) is 5.88. The van der Waals surface area contributed by atoms with Gasteiger partial charge in [-0.2, -0.15) is 0 Å². The van der Waals surface area contributed by atoms with Gasteiger partial charge in [0.25, 0.3) is 0 Å². The van der Waals surface area contributed by atoms with Gasteiger partial charge in [-0.3, -0.25) is 0 Å². The molecule has 2 heteroatoms. The molecule has 2 N–H and O–H groups in total. The van der Waals surface area contributed by atoms with E-state index in [1.54, 1.807) is 0 Å². The Hall–Kier alpha value is -0.0800. The average molecular weight is 196 g/mol. The zero-order valence-corrected chi connectivity index (χ0v) is 9.58. The minimum Gasteiger partial charge on any atom is -0.330 e. The molecule has 2 fully saturated rings. The number of hydrogen-bond donors (Lipinski definition) is 1. The summed E-state index contributed by atoms with van der Waals surface area (Å²) in [6.07, 6.45) is 5.55. The van der Waals surface area contributed by atoms with E-state index in [2.05, 4.69) is 18.9 Å². The normalized spacial score (nSPS) is 44.8. The largest absolute Gasteiger partial charge is 0.330 e. The summed E-state index contributed by atoms with van der Waals surface area (Å²) in [7, 11) is 2.29. The van der Waals surface area contributed by atoms with Gasteiger partial charge >= 0.3 is 0 Å². The average Bonchev–Trinajstić information content (AvgIpc) is 2.18. The summed E-state index contributed by atoms with van der Waals surface area (Å²) in [5, 5.41) is 0. The Morgan fingerprint density at radius 3 is 2.79 bits per heavy atom. The van der Waals surface area contributed by atoms with Crippen LogP contribution in [0.15, 0.2) is 0 Å². The minimum absolute atomic E-state index is 0.805. The fourth-order valence-electron chi connectivity index (χ4n) is 3.50. The second-order valence-corrected chi connectivity index (χ2v) is 5.41. The monoisotopic (exact) mass is 196 g/mol. The summed E-state index contributed by atoms with van der Waals surface area (Å²) in [6, 6.07) is 0.841. The fourth-order valence-corrected chi connectivity index (χ4v) is 3.50. The molecule has 1 aliphatic heterocycles. The van der Waals surface area contributed by atoms with Crippen molar-refractivity contribution in [1.29, 1.82) is 0 Å². The molecule has 0 radical (unpaired) electrons. The molecule has 0 aromatic rings. The molecule has 14 heavy (non-hydrogen) atoms. The van der Waals surface area contributed by atoms with Crippen LogP contribution in [0.5, 0.6) is 0 Å². The molecule has 4 unspecified atom stereocenters. The van der Waals surface area contributed by atoms with Gasteiger partial charge in [-0.25, -0.2) is 0 Å². The van der Waals surface area contributed by atoms with E-state index in [9.17, 15) is 0 Å².